The summed E-state index contributed by atoms with van der Waals surface area (Å²) in [6, 6.07) is 6.96. The molecule has 1 aromatic carbocycles. The van der Waals surface area contributed by atoms with Gasteiger partial charge in [-0.2, -0.15) is 0 Å². The van der Waals surface area contributed by atoms with Crippen molar-refractivity contribution in [1.29, 1.82) is 0 Å². The van der Waals surface area contributed by atoms with Crippen molar-refractivity contribution >= 4 is 19.8 Å². The Hall–Kier alpha value is -1.53. The minimum atomic E-state index is -4.64. The van der Waals surface area contributed by atoms with E-state index < -0.39 is 19.8 Å². The van der Waals surface area contributed by atoms with Gasteiger partial charge in [0.1, 0.15) is 0 Å². The molecule has 0 aliphatic rings. The molecule has 0 saturated heterocycles. The molecule has 0 aromatic heterocycles. The maximum atomic E-state index is 11.2. The number of carbonyl (C=O) groups is 2. The molecule has 0 amide bonds. The predicted molar refractivity (Wildman–Crippen MR) is 61.5 cm³/mol. The van der Waals surface area contributed by atoms with Gasteiger partial charge in [0.15, 0.2) is 0 Å². The van der Waals surface area contributed by atoms with Gasteiger partial charge < -0.3 is 19.4 Å². The van der Waals surface area contributed by atoms with Crippen LogP contribution >= 0.6 is 7.82 Å². The molecule has 7 nitrogen and oxygen atoms in total. The van der Waals surface area contributed by atoms with Crippen molar-refractivity contribution in [2.75, 3.05) is 0 Å². The SMILES string of the molecule is CC(=O)OC(=O)c1ccccc1C.O=P(O)(O)O. The van der Waals surface area contributed by atoms with Gasteiger partial charge in [-0.1, -0.05) is 18.2 Å². The third-order valence-corrected chi connectivity index (χ3v) is 1.60. The van der Waals surface area contributed by atoms with Crippen LogP contribution in [-0.2, 0) is 14.1 Å². The minimum Gasteiger partial charge on any atom is -0.390 e. The van der Waals surface area contributed by atoms with E-state index in [2.05, 4.69) is 4.74 Å². The topological polar surface area (TPSA) is 121 Å². The lowest BCUT2D eigenvalue weighted by atomic mass is 10.1. The maximum absolute atomic E-state index is 11.2. The number of rotatable bonds is 1. The van der Waals surface area contributed by atoms with Crippen LogP contribution < -0.4 is 0 Å². The quantitative estimate of drug-likeness (QED) is 0.393. The van der Waals surface area contributed by atoms with Gasteiger partial charge in [-0.15, -0.1) is 0 Å². The Bertz CT molecular complexity index is 469. The second-order valence-electron chi connectivity index (χ2n) is 3.21. The Morgan fingerprint density at radius 1 is 1.17 bits per heavy atom. The van der Waals surface area contributed by atoms with E-state index in [1.807, 2.05) is 6.07 Å². The van der Waals surface area contributed by atoms with E-state index in [0.29, 0.717) is 5.56 Å². The van der Waals surface area contributed by atoms with Crippen molar-refractivity contribution in [3.63, 3.8) is 0 Å². The van der Waals surface area contributed by atoms with Gasteiger partial charge in [0, 0.05) is 6.92 Å². The van der Waals surface area contributed by atoms with Crippen molar-refractivity contribution in [2.45, 2.75) is 13.8 Å². The Morgan fingerprint density at radius 2 is 1.61 bits per heavy atom. The van der Waals surface area contributed by atoms with Crippen LogP contribution in [0.4, 0.5) is 0 Å². The summed E-state index contributed by atoms with van der Waals surface area (Å²) in [5.41, 5.74) is 1.23. The highest BCUT2D eigenvalue weighted by atomic mass is 31.2. The van der Waals surface area contributed by atoms with E-state index in [1.165, 1.54) is 6.92 Å². The van der Waals surface area contributed by atoms with Gasteiger partial charge in [-0.05, 0) is 18.6 Å². The van der Waals surface area contributed by atoms with Crippen molar-refractivity contribution in [1.82, 2.24) is 0 Å². The van der Waals surface area contributed by atoms with Crippen LogP contribution in [0.1, 0.15) is 22.8 Å². The smallest absolute Gasteiger partial charge is 0.390 e. The number of aryl methyl sites for hydroxylation is 1. The van der Waals surface area contributed by atoms with Gasteiger partial charge >= 0.3 is 19.8 Å². The predicted octanol–water partition coefficient (Wildman–Crippen LogP) is 0.770. The summed E-state index contributed by atoms with van der Waals surface area (Å²) in [5.74, 6) is -1.18. The molecule has 0 bridgehead atoms. The lowest BCUT2D eigenvalue weighted by Crippen LogP contribution is -2.10. The van der Waals surface area contributed by atoms with Gasteiger partial charge in [-0.3, -0.25) is 4.79 Å². The van der Waals surface area contributed by atoms with Crippen LogP contribution in [0.25, 0.3) is 0 Å². The summed E-state index contributed by atoms with van der Waals surface area (Å²) in [6.45, 7) is 2.99. The molecular formula is C10H13O7P. The zero-order valence-electron chi connectivity index (χ0n) is 9.73. The first-order chi connectivity index (χ1) is 8.11. The molecule has 3 N–H and O–H groups in total. The van der Waals surface area contributed by atoms with Gasteiger partial charge in [-0.25, -0.2) is 9.36 Å². The first-order valence-corrected chi connectivity index (χ1v) is 6.24. The Labute approximate surface area is 103 Å². The largest absolute Gasteiger partial charge is 0.466 e. The van der Waals surface area contributed by atoms with Gasteiger partial charge in [0.05, 0.1) is 5.56 Å². The molecule has 0 atom stereocenters. The maximum Gasteiger partial charge on any atom is 0.466 e. The van der Waals surface area contributed by atoms with E-state index in [9.17, 15) is 9.59 Å². The average molecular weight is 276 g/mol. The standard InChI is InChI=1S/C10H10O3.H3O4P/c1-7-5-3-4-6-9(7)10(12)13-8(2)11;1-5(2,3)4/h3-6H,1-2H3;(H3,1,2,3,4). The van der Waals surface area contributed by atoms with Crippen molar-refractivity contribution < 1.29 is 33.6 Å². The van der Waals surface area contributed by atoms with Crippen LogP contribution in [-0.4, -0.2) is 26.6 Å². The summed E-state index contributed by atoms with van der Waals surface area (Å²) in [5, 5.41) is 0. The van der Waals surface area contributed by atoms with Crippen LogP contribution in [0.2, 0.25) is 0 Å². The van der Waals surface area contributed by atoms with Crippen molar-refractivity contribution in [2.24, 2.45) is 0 Å². The minimum absolute atomic E-state index is 0.428. The van der Waals surface area contributed by atoms with E-state index in [-0.39, 0.29) is 0 Å². The fourth-order valence-corrected chi connectivity index (χ4v) is 0.987. The zero-order chi connectivity index (χ0) is 14.3. The first-order valence-electron chi connectivity index (χ1n) is 4.68. The molecule has 8 heteroatoms. The summed E-state index contributed by atoms with van der Waals surface area (Å²) in [6.07, 6.45) is 0. The normalized spacial score (nSPS) is 10.1. The molecule has 100 valence electrons. The molecule has 18 heavy (non-hydrogen) atoms. The molecule has 0 unspecified atom stereocenters. The second-order valence-corrected chi connectivity index (χ2v) is 4.24. The fraction of sp³-hybridized carbons (Fsp3) is 0.200. The average Bonchev–Trinajstić information content (AvgIpc) is 2.14. The highest BCUT2D eigenvalue weighted by molar-refractivity contribution is 7.45. The Morgan fingerprint density at radius 3 is 2.00 bits per heavy atom. The molecular weight excluding hydrogens is 263 g/mol. The van der Waals surface area contributed by atoms with E-state index in [0.717, 1.165) is 5.56 Å². The van der Waals surface area contributed by atoms with Crippen molar-refractivity contribution in [3.05, 3.63) is 35.4 Å². The molecule has 0 saturated carbocycles. The molecule has 0 heterocycles. The lowest BCUT2D eigenvalue weighted by molar-refractivity contribution is -0.135. The highest BCUT2D eigenvalue weighted by Crippen LogP contribution is 2.25. The Kier molecular flexibility index (Phi) is 6.43. The second kappa shape index (κ2) is 7.03. The number of ether oxygens (including phenoxy) is 1. The fourth-order valence-electron chi connectivity index (χ4n) is 0.987. The molecule has 0 radical (unpaired) electrons. The molecule has 0 fully saturated rings. The number of carbonyl (C=O) groups excluding carboxylic acids is 2. The summed E-state index contributed by atoms with van der Waals surface area (Å²) in [7, 11) is -4.64. The molecule has 0 spiro atoms. The van der Waals surface area contributed by atoms with Crippen molar-refractivity contribution in [3.8, 4) is 0 Å². The number of phosphoric acid groups is 1. The van der Waals surface area contributed by atoms with Crippen LogP contribution in [0.5, 0.6) is 0 Å². The molecule has 0 aliphatic carbocycles. The van der Waals surface area contributed by atoms with E-state index in [4.69, 9.17) is 19.2 Å². The number of hydrogen-bond acceptors (Lipinski definition) is 4. The third-order valence-electron chi connectivity index (χ3n) is 1.60. The van der Waals surface area contributed by atoms with Gasteiger partial charge in [0.2, 0.25) is 0 Å². The number of hydrogen-bond donors (Lipinski definition) is 3. The van der Waals surface area contributed by atoms with Crippen LogP contribution in [0.3, 0.4) is 0 Å². The third kappa shape index (κ3) is 8.60. The highest BCUT2D eigenvalue weighted by Gasteiger charge is 2.11. The van der Waals surface area contributed by atoms with Crippen LogP contribution in [0.15, 0.2) is 24.3 Å². The zero-order valence-corrected chi connectivity index (χ0v) is 10.6. The monoisotopic (exact) mass is 276 g/mol. The lowest BCUT2D eigenvalue weighted by Gasteiger charge is -2.02. The molecule has 1 aromatic rings. The molecule has 1 rings (SSSR count). The number of esters is 2. The summed E-state index contributed by atoms with van der Waals surface area (Å²) < 4.78 is 13.3. The van der Waals surface area contributed by atoms with Gasteiger partial charge in [0.25, 0.3) is 0 Å². The summed E-state index contributed by atoms with van der Waals surface area (Å²) >= 11 is 0. The van der Waals surface area contributed by atoms with E-state index in [1.54, 1.807) is 25.1 Å². The van der Waals surface area contributed by atoms with Crippen LogP contribution in [0, 0.1) is 6.92 Å². The number of benzene rings is 1. The summed E-state index contributed by atoms with van der Waals surface area (Å²) in [4.78, 5) is 43.3. The Balaban J connectivity index is 0.000000494. The molecule has 0 aliphatic heterocycles. The van der Waals surface area contributed by atoms with E-state index >= 15 is 0 Å². The first kappa shape index (κ1) is 16.5.